The van der Waals surface area contributed by atoms with Gasteiger partial charge in [0, 0.05) is 16.0 Å². The van der Waals surface area contributed by atoms with Crippen molar-refractivity contribution in [3.63, 3.8) is 0 Å². The first kappa shape index (κ1) is 16.1. The summed E-state index contributed by atoms with van der Waals surface area (Å²) < 4.78 is 0. The van der Waals surface area contributed by atoms with Crippen molar-refractivity contribution in [2.45, 2.75) is 16.9 Å². The van der Waals surface area contributed by atoms with Crippen molar-refractivity contribution >= 4 is 40.7 Å². The maximum atomic E-state index is 12.5. The van der Waals surface area contributed by atoms with E-state index in [1.54, 1.807) is 42.1 Å². The third-order valence-electron chi connectivity index (χ3n) is 3.90. The summed E-state index contributed by atoms with van der Waals surface area (Å²) in [5.41, 5.74) is -0.731. The van der Waals surface area contributed by atoms with Crippen molar-refractivity contribution in [3.8, 4) is 0 Å². The molecule has 2 N–H and O–H groups in total. The summed E-state index contributed by atoms with van der Waals surface area (Å²) in [6.07, 6.45) is 1.62. The van der Waals surface area contributed by atoms with Crippen LogP contribution in [0.1, 0.15) is 22.3 Å². The fourth-order valence-electron chi connectivity index (χ4n) is 2.62. The lowest BCUT2D eigenvalue weighted by Crippen LogP contribution is -2.36. The first-order chi connectivity index (χ1) is 11.0. The number of thioether (sulfide) groups is 1. The highest BCUT2D eigenvalue weighted by Crippen LogP contribution is 2.42. The number of carbonyl (C=O) groups excluding carboxylic acids is 2. The quantitative estimate of drug-likeness (QED) is 0.656. The number of nitrogens with one attached hydrogen (secondary N) is 1. The number of hydrogen-bond donors (Lipinski definition) is 2. The molecule has 0 bridgehead atoms. The molecule has 4 nitrogen and oxygen atoms in total. The van der Waals surface area contributed by atoms with Crippen LogP contribution in [0, 0.1) is 0 Å². The minimum atomic E-state index is -1.89. The average molecular weight is 348 g/mol. The summed E-state index contributed by atoms with van der Waals surface area (Å²) in [7, 11) is 0. The first-order valence-electron chi connectivity index (χ1n) is 6.96. The van der Waals surface area contributed by atoms with Crippen LogP contribution in [0.4, 0.5) is 5.69 Å². The van der Waals surface area contributed by atoms with Crippen LogP contribution in [-0.4, -0.2) is 23.1 Å². The summed E-state index contributed by atoms with van der Waals surface area (Å²) >= 11 is 7.61. The fraction of sp³-hybridized carbons (Fsp3) is 0.176. The number of para-hydroxylation sites is 1. The zero-order valence-corrected chi connectivity index (χ0v) is 13.9. The van der Waals surface area contributed by atoms with Gasteiger partial charge in [-0.2, -0.15) is 0 Å². The average Bonchev–Trinajstić information content (AvgIpc) is 2.80. The Morgan fingerprint density at radius 1 is 1.26 bits per heavy atom. The lowest BCUT2D eigenvalue weighted by atomic mass is 9.88. The van der Waals surface area contributed by atoms with Crippen molar-refractivity contribution in [2.24, 2.45) is 0 Å². The second-order valence-corrected chi connectivity index (χ2v) is 6.59. The van der Waals surface area contributed by atoms with E-state index in [4.69, 9.17) is 11.6 Å². The molecule has 0 saturated carbocycles. The van der Waals surface area contributed by atoms with Crippen LogP contribution < -0.4 is 5.32 Å². The van der Waals surface area contributed by atoms with Gasteiger partial charge in [0.25, 0.3) is 5.91 Å². The van der Waals surface area contributed by atoms with Gasteiger partial charge in [-0.15, -0.1) is 11.8 Å². The fourth-order valence-corrected chi connectivity index (χ4v) is 3.25. The largest absolute Gasteiger partial charge is 0.375 e. The van der Waals surface area contributed by atoms with E-state index < -0.39 is 11.5 Å². The standard InChI is InChI=1S/C17H14ClNO3S/c1-23-11-7-5-10(6-8-11)14(20)9-17(22)12-3-2-4-13(18)15(12)19-16(17)21/h2-8,22H,9H2,1H3,(H,19,21)/t17-/m0/s1. The molecule has 6 heteroatoms. The molecule has 1 aliphatic heterocycles. The van der Waals surface area contributed by atoms with Crippen LogP contribution >= 0.6 is 23.4 Å². The summed E-state index contributed by atoms with van der Waals surface area (Å²) in [5, 5.41) is 13.7. The van der Waals surface area contributed by atoms with Gasteiger partial charge in [-0.3, -0.25) is 9.59 Å². The molecule has 1 amide bonds. The Morgan fingerprint density at radius 2 is 1.96 bits per heavy atom. The molecule has 2 aromatic carbocycles. The summed E-state index contributed by atoms with van der Waals surface area (Å²) in [4.78, 5) is 25.7. The van der Waals surface area contributed by atoms with Gasteiger partial charge in [-0.1, -0.05) is 35.9 Å². The summed E-state index contributed by atoms with van der Waals surface area (Å²) in [5.74, 6) is -0.933. The van der Waals surface area contributed by atoms with Crippen LogP contribution in [0.25, 0.3) is 0 Å². The van der Waals surface area contributed by atoms with Crippen LogP contribution in [0.5, 0.6) is 0 Å². The second kappa shape index (κ2) is 6.00. The first-order valence-corrected chi connectivity index (χ1v) is 8.56. The Bertz CT molecular complexity index is 791. The van der Waals surface area contributed by atoms with E-state index in [2.05, 4.69) is 5.32 Å². The van der Waals surface area contributed by atoms with E-state index in [1.165, 1.54) is 0 Å². The molecule has 1 heterocycles. The minimum Gasteiger partial charge on any atom is -0.375 e. The maximum absolute atomic E-state index is 12.5. The molecule has 0 spiro atoms. The number of fused-ring (bicyclic) bond motifs is 1. The number of Topliss-reactive ketones (excluding diaryl/α,β-unsaturated/α-hetero) is 1. The van der Waals surface area contributed by atoms with E-state index in [-0.39, 0.29) is 12.2 Å². The SMILES string of the molecule is CSc1ccc(C(=O)C[C@@]2(O)C(=O)Nc3c(Cl)cccc32)cc1. The van der Waals surface area contributed by atoms with E-state index in [9.17, 15) is 14.7 Å². The highest BCUT2D eigenvalue weighted by molar-refractivity contribution is 7.98. The number of halogens is 1. The molecule has 2 aromatic rings. The molecule has 0 radical (unpaired) electrons. The van der Waals surface area contributed by atoms with Crippen LogP contribution in [0.15, 0.2) is 47.4 Å². The molecule has 23 heavy (non-hydrogen) atoms. The number of hydrogen-bond acceptors (Lipinski definition) is 4. The summed E-state index contributed by atoms with van der Waals surface area (Å²) in [6.45, 7) is 0. The molecule has 3 rings (SSSR count). The van der Waals surface area contributed by atoms with Gasteiger partial charge in [-0.05, 0) is 24.5 Å². The molecule has 0 unspecified atom stereocenters. The smallest absolute Gasteiger partial charge is 0.261 e. The van der Waals surface area contributed by atoms with Crippen molar-refractivity contribution < 1.29 is 14.7 Å². The second-order valence-electron chi connectivity index (χ2n) is 5.31. The van der Waals surface area contributed by atoms with Crippen molar-refractivity contribution in [1.82, 2.24) is 0 Å². The number of benzene rings is 2. The molecule has 118 valence electrons. The number of aliphatic hydroxyl groups is 1. The van der Waals surface area contributed by atoms with Gasteiger partial charge in [0.1, 0.15) is 0 Å². The molecular formula is C17H14ClNO3S. The third kappa shape index (κ3) is 2.76. The highest BCUT2D eigenvalue weighted by Gasteiger charge is 2.47. The van der Waals surface area contributed by atoms with Crippen molar-refractivity contribution in [1.29, 1.82) is 0 Å². The summed E-state index contributed by atoms with van der Waals surface area (Å²) in [6, 6.07) is 11.9. The van der Waals surface area contributed by atoms with Gasteiger partial charge in [0.15, 0.2) is 11.4 Å². The van der Waals surface area contributed by atoms with Gasteiger partial charge in [0.05, 0.1) is 17.1 Å². The van der Waals surface area contributed by atoms with Crippen molar-refractivity contribution in [2.75, 3.05) is 11.6 Å². The van der Waals surface area contributed by atoms with Crippen LogP contribution in [0.3, 0.4) is 0 Å². The van der Waals surface area contributed by atoms with Gasteiger partial charge >= 0.3 is 0 Å². The van der Waals surface area contributed by atoms with Crippen LogP contribution in [0.2, 0.25) is 5.02 Å². The normalized spacial score (nSPS) is 19.3. The van der Waals surface area contributed by atoms with E-state index in [1.807, 2.05) is 18.4 Å². The van der Waals surface area contributed by atoms with Gasteiger partial charge < -0.3 is 10.4 Å². The lowest BCUT2D eigenvalue weighted by molar-refractivity contribution is -0.133. The van der Waals surface area contributed by atoms with E-state index >= 15 is 0 Å². The molecule has 0 aliphatic carbocycles. The number of anilines is 1. The Kier molecular flexibility index (Phi) is 4.19. The third-order valence-corrected chi connectivity index (χ3v) is 4.96. The number of carbonyl (C=O) groups is 2. The molecule has 1 atom stereocenters. The van der Waals surface area contributed by atoms with Crippen molar-refractivity contribution in [3.05, 3.63) is 58.6 Å². The molecule has 0 fully saturated rings. The maximum Gasteiger partial charge on any atom is 0.261 e. The van der Waals surface area contributed by atoms with Gasteiger partial charge in [0.2, 0.25) is 0 Å². The monoisotopic (exact) mass is 347 g/mol. The Balaban J connectivity index is 1.91. The van der Waals surface area contributed by atoms with E-state index in [0.717, 1.165) is 4.90 Å². The zero-order valence-electron chi connectivity index (χ0n) is 12.3. The Labute approximate surface area is 142 Å². The Morgan fingerprint density at radius 3 is 2.61 bits per heavy atom. The lowest BCUT2D eigenvalue weighted by Gasteiger charge is -2.20. The predicted octanol–water partition coefficient (Wildman–Crippen LogP) is 3.47. The van der Waals surface area contributed by atoms with E-state index in [0.29, 0.717) is 21.8 Å². The Hall–Kier alpha value is -1.82. The molecule has 0 saturated heterocycles. The molecular weight excluding hydrogens is 334 g/mol. The molecule has 0 aromatic heterocycles. The zero-order chi connectivity index (χ0) is 16.6. The minimum absolute atomic E-state index is 0.303. The highest BCUT2D eigenvalue weighted by atomic mass is 35.5. The topological polar surface area (TPSA) is 66.4 Å². The predicted molar refractivity (Wildman–Crippen MR) is 91.1 cm³/mol. The molecule has 1 aliphatic rings. The number of rotatable bonds is 4. The van der Waals surface area contributed by atoms with Gasteiger partial charge in [-0.25, -0.2) is 0 Å². The number of ketones is 1. The number of amides is 1. The van der Waals surface area contributed by atoms with Crippen LogP contribution in [-0.2, 0) is 10.4 Å².